The summed E-state index contributed by atoms with van der Waals surface area (Å²) in [6, 6.07) is 11.9. The van der Waals surface area contributed by atoms with Gasteiger partial charge in [-0.3, -0.25) is 4.79 Å². The smallest absolute Gasteiger partial charge is 0.253 e. The van der Waals surface area contributed by atoms with E-state index in [0.29, 0.717) is 53.6 Å². The topological polar surface area (TPSA) is 99.6 Å². The number of nitrogens with zero attached hydrogens (tertiary/aromatic N) is 2. The number of hydrogen-bond acceptors (Lipinski definition) is 7. The molecule has 0 unspecified atom stereocenters. The van der Waals surface area contributed by atoms with Gasteiger partial charge in [0.25, 0.3) is 5.91 Å². The molecule has 1 saturated heterocycles. The van der Waals surface area contributed by atoms with E-state index in [1.807, 2.05) is 6.07 Å². The van der Waals surface area contributed by atoms with Crippen LogP contribution < -0.4 is 5.32 Å². The molecule has 1 aliphatic heterocycles. The molecular weight excluding hydrogens is 470 g/mol. The van der Waals surface area contributed by atoms with Crippen LogP contribution in [0.3, 0.4) is 0 Å². The van der Waals surface area contributed by atoms with Gasteiger partial charge in [0, 0.05) is 25.7 Å². The van der Waals surface area contributed by atoms with Gasteiger partial charge in [-0.15, -0.1) is 0 Å². The highest BCUT2D eigenvalue weighted by molar-refractivity contribution is 7.90. The molecule has 4 rings (SSSR count). The van der Waals surface area contributed by atoms with E-state index in [1.165, 1.54) is 11.3 Å². The largest absolute Gasteiger partial charge is 0.390 e. The minimum absolute atomic E-state index is 0.0900. The third kappa shape index (κ3) is 5.26. The number of hydrogen-bond donors (Lipinski definition) is 2. The number of thiazole rings is 1. The number of fused-ring (bicyclic) bond motifs is 1. The molecule has 1 amide bonds. The van der Waals surface area contributed by atoms with Gasteiger partial charge >= 0.3 is 0 Å². The third-order valence-corrected chi connectivity index (χ3v) is 9.01. The molecule has 0 atom stereocenters. The third-order valence-electron chi connectivity index (χ3n) is 6.26. The SMILES string of the molecule is CNc1nc2c(S(=O)(=O)Cc3ccc(C(=O)N4CCC(O)(CC(C)C)CC4)cc3)cccc2s1. The number of nitrogens with one attached hydrogen (secondary N) is 1. The number of carbonyl (C=O) groups excluding carboxylic acids is 1. The lowest BCUT2D eigenvalue weighted by Gasteiger charge is -2.39. The summed E-state index contributed by atoms with van der Waals surface area (Å²) in [4.78, 5) is 19.3. The van der Waals surface area contributed by atoms with Crippen molar-refractivity contribution in [3.63, 3.8) is 0 Å². The molecule has 3 aromatic rings. The number of sulfone groups is 1. The first-order valence-corrected chi connectivity index (χ1v) is 14.0. The summed E-state index contributed by atoms with van der Waals surface area (Å²) in [6.07, 6.45) is 1.89. The van der Waals surface area contributed by atoms with E-state index in [4.69, 9.17) is 0 Å². The molecule has 0 aliphatic carbocycles. The van der Waals surface area contributed by atoms with Crippen LogP contribution in [-0.2, 0) is 15.6 Å². The number of carbonyl (C=O) groups is 1. The summed E-state index contributed by atoms with van der Waals surface area (Å²) in [6.45, 7) is 5.22. The van der Waals surface area contributed by atoms with Crippen LogP contribution in [-0.4, -0.2) is 55.1 Å². The Balaban J connectivity index is 1.45. The Labute approximate surface area is 204 Å². The number of aliphatic hydroxyl groups is 1. The van der Waals surface area contributed by atoms with Crippen molar-refractivity contribution in [1.29, 1.82) is 0 Å². The first kappa shape index (κ1) is 24.6. The van der Waals surface area contributed by atoms with Gasteiger partial charge < -0.3 is 15.3 Å². The quantitative estimate of drug-likeness (QED) is 0.500. The molecule has 0 radical (unpaired) electrons. The summed E-state index contributed by atoms with van der Waals surface area (Å²) in [5.41, 5.74) is 0.918. The number of amides is 1. The van der Waals surface area contributed by atoms with Crippen molar-refractivity contribution >= 4 is 42.4 Å². The Kier molecular flexibility index (Phi) is 6.98. The van der Waals surface area contributed by atoms with Crippen LogP contribution in [0.1, 0.15) is 49.0 Å². The number of aromatic nitrogens is 1. The zero-order valence-electron chi connectivity index (χ0n) is 19.7. The Morgan fingerprint density at radius 2 is 1.85 bits per heavy atom. The van der Waals surface area contributed by atoms with E-state index in [1.54, 1.807) is 48.3 Å². The predicted octanol–water partition coefficient (Wildman–Crippen LogP) is 4.33. The highest BCUT2D eigenvalue weighted by Gasteiger charge is 2.34. The van der Waals surface area contributed by atoms with Crippen LogP contribution in [0.4, 0.5) is 5.13 Å². The summed E-state index contributed by atoms with van der Waals surface area (Å²) < 4.78 is 27.1. The number of anilines is 1. The van der Waals surface area contributed by atoms with Gasteiger partial charge in [-0.2, -0.15) is 0 Å². The number of para-hydroxylation sites is 1. The fraction of sp³-hybridized carbons (Fsp3) is 0.440. The van der Waals surface area contributed by atoms with Crippen molar-refractivity contribution in [3.8, 4) is 0 Å². The van der Waals surface area contributed by atoms with Gasteiger partial charge in [-0.05, 0) is 55.0 Å². The van der Waals surface area contributed by atoms with E-state index in [-0.39, 0.29) is 16.6 Å². The molecule has 2 heterocycles. The van der Waals surface area contributed by atoms with E-state index in [9.17, 15) is 18.3 Å². The van der Waals surface area contributed by atoms with Crippen LogP contribution in [0, 0.1) is 5.92 Å². The standard InChI is InChI=1S/C25H31N3O4S2/c1-17(2)15-25(30)11-13-28(14-12-25)23(29)19-9-7-18(8-10-19)16-34(31,32)21-6-4-5-20-22(21)27-24(26-3)33-20/h4-10,17,30H,11-16H2,1-3H3,(H,26,27). The lowest BCUT2D eigenvalue weighted by molar-refractivity contribution is -0.0311. The number of benzene rings is 2. The lowest BCUT2D eigenvalue weighted by atomic mass is 9.84. The zero-order chi connectivity index (χ0) is 24.5. The second kappa shape index (κ2) is 9.64. The predicted molar refractivity (Wildman–Crippen MR) is 136 cm³/mol. The van der Waals surface area contributed by atoms with Gasteiger partial charge in [0.15, 0.2) is 15.0 Å². The van der Waals surface area contributed by atoms with E-state index < -0.39 is 15.4 Å². The Morgan fingerprint density at radius 1 is 1.18 bits per heavy atom. The molecule has 0 spiro atoms. The van der Waals surface area contributed by atoms with Crippen molar-refractivity contribution in [2.75, 3.05) is 25.5 Å². The van der Waals surface area contributed by atoms with Crippen LogP contribution in [0.15, 0.2) is 47.4 Å². The average Bonchev–Trinajstić information content (AvgIpc) is 3.22. The molecule has 182 valence electrons. The number of rotatable bonds is 7. The highest BCUT2D eigenvalue weighted by Crippen LogP contribution is 2.32. The molecule has 7 nitrogen and oxygen atoms in total. The van der Waals surface area contributed by atoms with Gasteiger partial charge in [-0.1, -0.05) is 43.4 Å². The van der Waals surface area contributed by atoms with Gasteiger partial charge in [0.05, 0.1) is 20.9 Å². The molecule has 2 aromatic carbocycles. The summed E-state index contributed by atoms with van der Waals surface area (Å²) >= 11 is 1.41. The Hall–Kier alpha value is -2.49. The molecule has 0 saturated carbocycles. The molecule has 2 N–H and O–H groups in total. The minimum Gasteiger partial charge on any atom is -0.390 e. The summed E-state index contributed by atoms with van der Waals surface area (Å²) in [5.74, 6) is 0.149. The molecule has 1 aromatic heterocycles. The van der Waals surface area contributed by atoms with Crippen LogP contribution >= 0.6 is 11.3 Å². The van der Waals surface area contributed by atoms with Crippen LogP contribution in [0.5, 0.6) is 0 Å². The Bertz CT molecular complexity index is 1280. The van der Waals surface area contributed by atoms with E-state index >= 15 is 0 Å². The Morgan fingerprint density at radius 3 is 2.47 bits per heavy atom. The first-order valence-electron chi connectivity index (χ1n) is 11.5. The fourth-order valence-electron chi connectivity index (χ4n) is 4.59. The van der Waals surface area contributed by atoms with Gasteiger partial charge in [0.2, 0.25) is 0 Å². The molecule has 1 aliphatic rings. The molecule has 34 heavy (non-hydrogen) atoms. The van der Waals surface area contributed by atoms with E-state index in [2.05, 4.69) is 24.1 Å². The monoisotopic (exact) mass is 501 g/mol. The van der Waals surface area contributed by atoms with Crippen molar-refractivity contribution < 1.29 is 18.3 Å². The average molecular weight is 502 g/mol. The number of likely N-dealkylation sites (tertiary alicyclic amines) is 1. The molecular formula is C25H31N3O4S2. The maximum atomic E-state index is 13.2. The van der Waals surface area contributed by atoms with Crippen molar-refractivity contribution in [2.24, 2.45) is 5.92 Å². The van der Waals surface area contributed by atoms with Crippen molar-refractivity contribution in [2.45, 2.75) is 49.4 Å². The summed E-state index contributed by atoms with van der Waals surface area (Å²) in [5, 5.41) is 14.4. The zero-order valence-corrected chi connectivity index (χ0v) is 21.4. The van der Waals surface area contributed by atoms with Crippen molar-refractivity contribution in [3.05, 3.63) is 53.6 Å². The summed E-state index contributed by atoms with van der Waals surface area (Å²) in [7, 11) is -1.86. The minimum atomic E-state index is -3.62. The maximum absolute atomic E-state index is 13.2. The van der Waals surface area contributed by atoms with Crippen LogP contribution in [0.2, 0.25) is 0 Å². The van der Waals surface area contributed by atoms with Crippen LogP contribution in [0.25, 0.3) is 10.2 Å². The fourth-order valence-corrected chi connectivity index (χ4v) is 7.03. The molecule has 9 heteroatoms. The second-order valence-electron chi connectivity index (χ2n) is 9.44. The lowest BCUT2D eigenvalue weighted by Crippen LogP contribution is -2.47. The van der Waals surface area contributed by atoms with Gasteiger partial charge in [0.1, 0.15) is 5.52 Å². The van der Waals surface area contributed by atoms with Crippen molar-refractivity contribution in [1.82, 2.24) is 9.88 Å². The van der Waals surface area contributed by atoms with E-state index in [0.717, 1.165) is 11.1 Å². The molecule has 0 bridgehead atoms. The normalized spacial score (nSPS) is 16.2. The number of piperidine rings is 1. The maximum Gasteiger partial charge on any atom is 0.253 e. The van der Waals surface area contributed by atoms with Gasteiger partial charge in [-0.25, -0.2) is 13.4 Å². The molecule has 1 fully saturated rings. The second-order valence-corrected chi connectivity index (χ2v) is 12.4. The first-order chi connectivity index (χ1) is 16.1. The highest BCUT2D eigenvalue weighted by atomic mass is 32.2.